The number of esters is 1. The van der Waals surface area contributed by atoms with Crippen LogP contribution in [0.25, 0.3) is 0 Å². The highest BCUT2D eigenvalue weighted by Crippen LogP contribution is 2.15. The summed E-state index contributed by atoms with van der Waals surface area (Å²) < 4.78 is 5.32. The predicted molar refractivity (Wildman–Crippen MR) is 135 cm³/mol. The molecule has 5 amide bonds. The van der Waals surface area contributed by atoms with Crippen molar-refractivity contribution in [2.24, 2.45) is 11.8 Å². The lowest BCUT2D eigenvalue weighted by molar-refractivity contribution is -0.150. The molecule has 200 valence electrons. The molecule has 1 aromatic carbocycles. The summed E-state index contributed by atoms with van der Waals surface area (Å²) in [7, 11) is 0. The van der Waals surface area contributed by atoms with Gasteiger partial charge in [-0.2, -0.15) is 0 Å². The predicted octanol–water partition coefficient (Wildman–Crippen LogP) is 1.28. The zero-order valence-corrected chi connectivity index (χ0v) is 21.7. The van der Waals surface area contributed by atoms with Gasteiger partial charge < -0.3 is 20.7 Å². The molecule has 0 saturated heterocycles. The third-order valence-electron chi connectivity index (χ3n) is 5.96. The Morgan fingerprint density at radius 2 is 1.41 bits per heavy atom. The number of hydrogen-bond acceptors (Lipinski definition) is 7. The molecule has 0 aromatic heterocycles. The summed E-state index contributed by atoms with van der Waals surface area (Å²) in [6, 6.07) is 4.94. The number of benzene rings is 1. The number of anilines is 1. The smallest absolute Gasteiger partial charge is 0.309 e. The van der Waals surface area contributed by atoms with Crippen LogP contribution in [0.15, 0.2) is 36.4 Å². The van der Waals surface area contributed by atoms with Gasteiger partial charge in [-0.25, -0.2) is 0 Å². The van der Waals surface area contributed by atoms with Gasteiger partial charge in [-0.3, -0.25) is 33.7 Å². The molecule has 11 nitrogen and oxygen atoms in total. The quantitative estimate of drug-likeness (QED) is 0.281. The number of nitrogens with one attached hydrogen (secondary N) is 3. The molecule has 2 rings (SSSR count). The molecule has 0 saturated carbocycles. The molecular weight excluding hydrogens is 480 g/mol. The monoisotopic (exact) mass is 514 g/mol. The van der Waals surface area contributed by atoms with Crippen molar-refractivity contribution in [2.45, 2.75) is 59.7 Å². The highest BCUT2D eigenvalue weighted by atomic mass is 16.5. The topological polar surface area (TPSA) is 151 Å². The van der Waals surface area contributed by atoms with Gasteiger partial charge in [0.25, 0.3) is 11.8 Å². The fraction of sp³-hybridized carbons (Fsp3) is 0.462. The van der Waals surface area contributed by atoms with E-state index in [2.05, 4.69) is 16.0 Å². The number of imide groups is 1. The van der Waals surface area contributed by atoms with Crippen LogP contribution in [0.5, 0.6) is 0 Å². The van der Waals surface area contributed by atoms with Gasteiger partial charge in [0.15, 0.2) is 0 Å². The molecule has 1 heterocycles. The van der Waals surface area contributed by atoms with Gasteiger partial charge in [0.2, 0.25) is 17.7 Å². The maximum Gasteiger partial charge on any atom is 0.309 e. The zero-order chi connectivity index (χ0) is 27.7. The molecule has 1 unspecified atom stereocenters. The molecule has 0 fully saturated rings. The number of carbonyl (C=O) groups is 6. The molecule has 0 bridgehead atoms. The molecule has 11 heteroatoms. The maximum atomic E-state index is 12.5. The summed E-state index contributed by atoms with van der Waals surface area (Å²) in [5, 5.41) is 7.69. The molecule has 3 atom stereocenters. The molecule has 0 aliphatic carbocycles. The van der Waals surface area contributed by atoms with E-state index in [1.807, 2.05) is 20.8 Å². The normalized spacial score (nSPS) is 15.2. The second kappa shape index (κ2) is 13.3. The lowest BCUT2D eigenvalue weighted by Gasteiger charge is -2.19. The number of hydrogen-bond donors (Lipinski definition) is 3. The summed E-state index contributed by atoms with van der Waals surface area (Å²) in [5.74, 6) is -2.81. The van der Waals surface area contributed by atoms with Crippen LogP contribution < -0.4 is 16.0 Å². The first kappa shape index (κ1) is 29.2. The van der Waals surface area contributed by atoms with Gasteiger partial charge in [-0.05, 0) is 37.5 Å². The van der Waals surface area contributed by atoms with Crippen LogP contribution in [0.1, 0.15) is 46.6 Å². The first-order chi connectivity index (χ1) is 17.4. The highest BCUT2D eigenvalue weighted by Gasteiger charge is 2.25. The van der Waals surface area contributed by atoms with Crippen molar-refractivity contribution in [3.05, 3.63) is 42.0 Å². The van der Waals surface area contributed by atoms with E-state index in [-0.39, 0.29) is 37.4 Å². The highest BCUT2D eigenvalue weighted by molar-refractivity contribution is 6.13. The van der Waals surface area contributed by atoms with Gasteiger partial charge in [-0.15, -0.1) is 0 Å². The summed E-state index contributed by atoms with van der Waals surface area (Å²) in [4.78, 5) is 72.9. The second-order valence-electron chi connectivity index (χ2n) is 9.26. The van der Waals surface area contributed by atoms with Crippen LogP contribution >= 0.6 is 0 Å². The minimum absolute atomic E-state index is 0.0953. The molecule has 37 heavy (non-hydrogen) atoms. The van der Waals surface area contributed by atoms with Crippen molar-refractivity contribution >= 4 is 41.2 Å². The number of ether oxygens (including phenoxy) is 1. The van der Waals surface area contributed by atoms with Crippen molar-refractivity contribution in [1.82, 2.24) is 15.5 Å². The molecule has 1 aliphatic heterocycles. The van der Waals surface area contributed by atoms with Crippen LogP contribution in [0.2, 0.25) is 0 Å². The van der Waals surface area contributed by atoms with Gasteiger partial charge in [-0.1, -0.05) is 32.9 Å². The van der Waals surface area contributed by atoms with E-state index in [0.29, 0.717) is 5.69 Å². The Kier molecular flexibility index (Phi) is 10.5. The summed E-state index contributed by atoms with van der Waals surface area (Å²) in [6.07, 6.45) is 2.10. The minimum Gasteiger partial charge on any atom is -0.461 e. The van der Waals surface area contributed by atoms with Crippen molar-refractivity contribution < 1.29 is 33.5 Å². The van der Waals surface area contributed by atoms with Crippen LogP contribution in [0.4, 0.5) is 5.69 Å². The van der Waals surface area contributed by atoms with Crippen LogP contribution in [0.3, 0.4) is 0 Å². The zero-order valence-electron chi connectivity index (χ0n) is 21.7. The number of carbonyl (C=O) groups excluding carboxylic acids is 6. The number of rotatable bonds is 12. The second-order valence-corrected chi connectivity index (χ2v) is 9.26. The Morgan fingerprint density at radius 1 is 0.838 bits per heavy atom. The number of nitrogens with zero attached hydrogens (tertiary/aromatic N) is 1. The fourth-order valence-electron chi connectivity index (χ4n) is 3.14. The molecular formula is C26H34N4O7. The minimum atomic E-state index is -0.939. The molecule has 0 radical (unpaired) electrons. The molecule has 3 N–H and O–H groups in total. The van der Waals surface area contributed by atoms with Crippen molar-refractivity contribution in [3.8, 4) is 0 Å². The van der Waals surface area contributed by atoms with Crippen LogP contribution in [0, 0.1) is 11.8 Å². The first-order valence-corrected chi connectivity index (χ1v) is 12.1. The van der Waals surface area contributed by atoms with E-state index in [1.54, 1.807) is 24.3 Å². The van der Waals surface area contributed by atoms with E-state index in [9.17, 15) is 28.8 Å². The van der Waals surface area contributed by atoms with Gasteiger partial charge in [0, 0.05) is 30.8 Å². The summed E-state index contributed by atoms with van der Waals surface area (Å²) in [5.41, 5.74) is 1.27. The largest absolute Gasteiger partial charge is 0.461 e. The fourth-order valence-corrected chi connectivity index (χ4v) is 3.14. The standard InChI is InChI=1S/C26H34N4O7/c1-15(2)16(3)26(36)37-14-19-6-8-20(9-7-19)29-25(35)18(5)28-24(34)17(4)27-21(31)12-13-30-22(32)10-11-23(30)33/h6-11,15-18H,12-14H2,1-5H3,(H,27,31)(H,28,34)(H,29,35)/t16?,17-,18-/m0/s1. The number of amides is 5. The van der Waals surface area contributed by atoms with Gasteiger partial charge >= 0.3 is 5.97 Å². The van der Waals surface area contributed by atoms with E-state index >= 15 is 0 Å². The lowest BCUT2D eigenvalue weighted by atomic mass is 9.99. The van der Waals surface area contributed by atoms with Gasteiger partial charge in [0.1, 0.15) is 18.7 Å². The Bertz CT molecular complexity index is 1050. The lowest BCUT2D eigenvalue weighted by Crippen LogP contribution is -2.50. The SMILES string of the molecule is CC(C)C(C)C(=O)OCc1ccc(NC(=O)[C@H](C)NC(=O)[C@H](C)NC(=O)CCN2C(=O)C=CC2=O)cc1. The average molecular weight is 515 g/mol. The molecule has 0 spiro atoms. The van der Waals surface area contributed by atoms with E-state index < -0.39 is 41.6 Å². The summed E-state index contributed by atoms with van der Waals surface area (Å²) in [6.45, 7) is 8.71. The third kappa shape index (κ3) is 8.85. The first-order valence-electron chi connectivity index (χ1n) is 12.1. The Hall–Kier alpha value is -4.02. The van der Waals surface area contributed by atoms with E-state index in [4.69, 9.17) is 4.74 Å². The Labute approximate surface area is 216 Å². The maximum absolute atomic E-state index is 12.5. The average Bonchev–Trinajstić information content (AvgIpc) is 3.17. The molecule has 1 aromatic rings. The van der Waals surface area contributed by atoms with E-state index in [0.717, 1.165) is 22.6 Å². The van der Waals surface area contributed by atoms with E-state index in [1.165, 1.54) is 13.8 Å². The van der Waals surface area contributed by atoms with Gasteiger partial charge in [0.05, 0.1) is 5.92 Å². The Balaban J connectivity index is 1.75. The molecule has 1 aliphatic rings. The van der Waals surface area contributed by atoms with Crippen LogP contribution in [-0.2, 0) is 40.1 Å². The van der Waals surface area contributed by atoms with Crippen molar-refractivity contribution in [2.75, 3.05) is 11.9 Å². The van der Waals surface area contributed by atoms with Crippen LogP contribution in [-0.4, -0.2) is 59.0 Å². The van der Waals surface area contributed by atoms with Crippen molar-refractivity contribution in [1.29, 1.82) is 0 Å². The Morgan fingerprint density at radius 3 is 1.97 bits per heavy atom. The van der Waals surface area contributed by atoms with Crippen molar-refractivity contribution in [3.63, 3.8) is 0 Å². The third-order valence-corrected chi connectivity index (χ3v) is 5.96. The summed E-state index contributed by atoms with van der Waals surface area (Å²) >= 11 is 0.